The molecule has 0 aliphatic carbocycles. The zero-order valence-electron chi connectivity index (χ0n) is 11.1. The number of carbonyl (C=O) groups excluding carboxylic acids is 1. The van der Waals surface area contributed by atoms with Crippen molar-refractivity contribution >= 4 is 29.6 Å². The summed E-state index contributed by atoms with van der Waals surface area (Å²) in [4.78, 5) is 20.4. The lowest BCUT2D eigenvalue weighted by Crippen LogP contribution is -2.31. The zero-order chi connectivity index (χ0) is 14.8. The number of furan rings is 1. The molecule has 1 aliphatic rings. The molecule has 1 amide bonds. The van der Waals surface area contributed by atoms with Gasteiger partial charge in [-0.2, -0.15) is 0 Å². The van der Waals surface area contributed by atoms with Gasteiger partial charge >= 0.3 is 0 Å². The maximum absolute atomic E-state index is 10.7. The summed E-state index contributed by atoms with van der Waals surface area (Å²) in [6.45, 7) is 1.51. The fourth-order valence-corrected chi connectivity index (χ4v) is 2.82. The van der Waals surface area contributed by atoms with Crippen LogP contribution in [0.5, 0.6) is 0 Å². The molecule has 0 saturated carbocycles. The Bertz CT molecular complexity index is 651. The minimum absolute atomic E-state index is 0.131. The highest BCUT2D eigenvalue weighted by molar-refractivity contribution is 6.33. The van der Waals surface area contributed by atoms with Crippen LogP contribution in [-0.2, 0) is 4.79 Å². The average molecular weight is 326 g/mol. The molecule has 0 radical (unpaired) electrons. The average Bonchev–Trinajstić information content (AvgIpc) is 2.99. The van der Waals surface area contributed by atoms with Gasteiger partial charge in [0.2, 0.25) is 11.7 Å². The Labute approximate surface area is 131 Å². The molecule has 1 saturated heterocycles. The molecule has 0 N–H and O–H groups in total. The van der Waals surface area contributed by atoms with Crippen LogP contribution >= 0.6 is 23.2 Å². The van der Waals surface area contributed by atoms with Crippen molar-refractivity contribution in [1.29, 1.82) is 0 Å². The van der Waals surface area contributed by atoms with E-state index in [1.54, 1.807) is 4.90 Å². The molecule has 3 heterocycles. The SMILES string of the molecule is O=CN1CCC(c2ccc(-c3nc(Cl)ncc3Cl)o2)CC1. The van der Waals surface area contributed by atoms with Crippen LogP contribution < -0.4 is 0 Å². The van der Waals surface area contributed by atoms with Crippen LogP contribution in [0.1, 0.15) is 24.5 Å². The van der Waals surface area contributed by atoms with Crippen molar-refractivity contribution in [3.8, 4) is 11.5 Å². The van der Waals surface area contributed by atoms with Gasteiger partial charge in [0.15, 0.2) is 5.76 Å². The Morgan fingerprint density at radius 2 is 2.05 bits per heavy atom. The van der Waals surface area contributed by atoms with E-state index >= 15 is 0 Å². The third kappa shape index (κ3) is 3.04. The van der Waals surface area contributed by atoms with Crippen molar-refractivity contribution in [3.63, 3.8) is 0 Å². The molecule has 3 rings (SSSR count). The van der Waals surface area contributed by atoms with Gasteiger partial charge in [0.1, 0.15) is 11.5 Å². The predicted octanol–water partition coefficient (Wildman–Crippen LogP) is 3.38. The topological polar surface area (TPSA) is 59.2 Å². The second-order valence-corrected chi connectivity index (χ2v) is 5.70. The summed E-state index contributed by atoms with van der Waals surface area (Å²) >= 11 is 11.9. The van der Waals surface area contributed by atoms with Crippen molar-refractivity contribution in [1.82, 2.24) is 14.9 Å². The number of rotatable bonds is 3. The molecule has 0 bridgehead atoms. The number of likely N-dealkylation sites (tertiary alicyclic amines) is 1. The number of aromatic nitrogens is 2. The Hall–Kier alpha value is -1.59. The Morgan fingerprint density at radius 1 is 1.29 bits per heavy atom. The number of piperidine rings is 1. The second kappa shape index (κ2) is 6.03. The molecule has 110 valence electrons. The smallest absolute Gasteiger partial charge is 0.223 e. The highest BCUT2D eigenvalue weighted by Crippen LogP contribution is 2.33. The number of nitrogens with zero attached hydrogens (tertiary/aromatic N) is 3. The normalized spacial score (nSPS) is 16.2. The van der Waals surface area contributed by atoms with Gasteiger partial charge in [-0.25, -0.2) is 9.97 Å². The minimum atomic E-state index is 0.131. The summed E-state index contributed by atoms with van der Waals surface area (Å²) in [6.07, 6.45) is 4.14. The van der Waals surface area contributed by atoms with Gasteiger partial charge in [-0.3, -0.25) is 4.79 Å². The highest BCUT2D eigenvalue weighted by atomic mass is 35.5. The van der Waals surface area contributed by atoms with Crippen molar-refractivity contribution in [2.75, 3.05) is 13.1 Å². The fourth-order valence-electron chi connectivity index (χ4n) is 2.51. The highest BCUT2D eigenvalue weighted by Gasteiger charge is 2.23. The van der Waals surface area contributed by atoms with E-state index in [9.17, 15) is 4.79 Å². The van der Waals surface area contributed by atoms with E-state index in [2.05, 4.69) is 9.97 Å². The van der Waals surface area contributed by atoms with Crippen LogP contribution in [0.4, 0.5) is 0 Å². The van der Waals surface area contributed by atoms with Gasteiger partial charge in [0.05, 0.1) is 11.2 Å². The summed E-state index contributed by atoms with van der Waals surface area (Å²) < 4.78 is 5.87. The van der Waals surface area contributed by atoms with Crippen LogP contribution in [0.15, 0.2) is 22.7 Å². The third-order valence-corrected chi connectivity index (χ3v) is 4.11. The molecule has 0 spiro atoms. The van der Waals surface area contributed by atoms with Gasteiger partial charge in [-0.05, 0) is 36.6 Å². The molecular weight excluding hydrogens is 313 g/mol. The zero-order valence-corrected chi connectivity index (χ0v) is 12.6. The van der Waals surface area contributed by atoms with Gasteiger partial charge in [0, 0.05) is 19.0 Å². The first-order chi connectivity index (χ1) is 10.2. The molecule has 0 aromatic carbocycles. The first-order valence-electron chi connectivity index (χ1n) is 6.65. The number of carbonyl (C=O) groups is 1. The molecule has 2 aromatic rings. The van der Waals surface area contributed by atoms with E-state index in [1.165, 1.54) is 6.20 Å². The van der Waals surface area contributed by atoms with Crippen LogP contribution in [0.3, 0.4) is 0 Å². The minimum Gasteiger partial charge on any atom is -0.459 e. The number of hydrogen-bond acceptors (Lipinski definition) is 4. The van der Waals surface area contributed by atoms with E-state index < -0.39 is 0 Å². The molecule has 0 atom stereocenters. The predicted molar refractivity (Wildman–Crippen MR) is 79.4 cm³/mol. The van der Waals surface area contributed by atoms with E-state index in [1.807, 2.05) is 12.1 Å². The summed E-state index contributed by atoms with van der Waals surface area (Å²) in [5.74, 6) is 1.78. The van der Waals surface area contributed by atoms with Crippen molar-refractivity contribution in [2.24, 2.45) is 0 Å². The molecule has 1 aliphatic heterocycles. The summed E-state index contributed by atoms with van der Waals surface area (Å²) in [7, 11) is 0. The molecule has 2 aromatic heterocycles. The lowest BCUT2D eigenvalue weighted by molar-refractivity contribution is -0.119. The quantitative estimate of drug-likeness (QED) is 0.641. The molecule has 0 unspecified atom stereocenters. The van der Waals surface area contributed by atoms with Gasteiger partial charge < -0.3 is 9.32 Å². The summed E-state index contributed by atoms with van der Waals surface area (Å²) in [6, 6.07) is 3.77. The van der Waals surface area contributed by atoms with Crippen LogP contribution in [0.25, 0.3) is 11.5 Å². The summed E-state index contributed by atoms with van der Waals surface area (Å²) in [5, 5.41) is 0.530. The second-order valence-electron chi connectivity index (χ2n) is 4.95. The fraction of sp³-hybridized carbons (Fsp3) is 0.357. The van der Waals surface area contributed by atoms with Crippen molar-refractivity contribution < 1.29 is 9.21 Å². The van der Waals surface area contributed by atoms with E-state index in [0.717, 1.165) is 38.1 Å². The number of halogens is 2. The van der Waals surface area contributed by atoms with E-state index in [0.29, 0.717) is 22.4 Å². The van der Waals surface area contributed by atoms with Crippen LogP contribution in [-0.4, -0.2) is 34.4 Å². The van der Waals surface area contributed by atoms with Crippen molar-refractivity contribution in [3.05, 3.63) is 34.4 Å². The monoisotopic (exact) mass is 325 g/mol. The largest absolute Gasteiger partial charge is 0.459 e. The first-order valence-corrected chi connectivity index (χ1v) is 7.40. The lowest BCUT2D eigenvalue weighted by Gasteiger charge is -2.27. The third-order valence-electron chi connectivity index (χ3n) is 3.66. The Balaban J connectivity index is 1.80. The molecule has 7 heteroatoms. The molecule has 21 heavy (non-hydrogen) atoms. The molecule has 5 nitrogen and oxygen atoms in total. The van der Waals surface area contributed by atoms with E-state index in [-0.39, 0.29) is 5.28 Å². The van der Waals surface area contributed by atoms with E-state index in [4.69, 9.17) is 27.6 Å². The van der Waals surface area contributed by atoms with Gasteiger partial charge in [-0.15, -0.1) is 0 Å². The number of hydrogen-bond donors (Lipinski definition) is 0. The Morgan fingerprint density at radius 3 is 2.76 bits per heavy atom. The molecular formula is C14H13Cl2N3O2. The van der Waals surface area contributed by atoms with Crippen LogP contribution in [0, 0.1) is 0 Å². The number of amides is 1. The standard InChI is InChI=1S/C14H13Cl2N3O2/c15-10-7-17-14(16)18-13(10)12-2-1-11(21-12)9-3-5-19(8-20)6-4-9/h1-2,7-9H,3-6H2. The van der Waals surface area contributed by atoms with Gasteiger partial charge in [-0.1, -0.05) is 11.6 Å². The maximum Gasteiger partial charge on any atom is 0.223 e. The first kappa shape index (κ1) is 14.4. The van der Waals surface area contributed by atoms with Crippen molar-refractivity contribution in [2.45, 2.75) is 18.8 Å². The van der Waals surface area contributed by atoms with Crippen LogP contribution in [0.2, 0.25) is 10.3 Å². The summed E-state index contributed by atoms with van der Waals surface area (Å²) in [5.41, 5.74) is 0.494. The molecule has 1 fully saturated rings. The maximum atomic E-state index is 10.7. The Kier molecular flexibility index (Phi) is 4.12. The van der Waals surface area contributed by atoms with Gasteiger partial charge in [0.25, 0.3) is 0 Å². The lowest BCUT2D eigenvalue weighted by atomic mass is 9.95.